The fourth-order valence-corrected chi connectivity index (χ4v) is 2.17. The number of anilines is 2. The molecule has 0 fully saturated rings. The third-order valence-electron chi connectivity index (χ3n) is 3.33. The molecule has 0 aliphatic heterocycles. The number of nitrogen functional groups attached to an aromatic ring is 1. The summed E-state index contributed by atoms with van der Waals surface area (Å²) in [7, 11) is 2.01. The van der Waals surface area contributed by atoms with Crippen LogP contribution in [0.5, 0.6) is 0 Å². The first kappa shape index (κ1) is 18.1. The van der Waals surface area contributed by atoms with Crippen LogP contribution in [0.1, 0.15) is 5.56 Å². The van der Waals surface area contributed by atoms with E-state index in [0.29, 0.717) is 5.69 Å². The van der Waals surface area contributed by atoms with E-state index in [9.17, 15) is 0 Å². The van der Waals surface area contributed by atoms with Crippen molar-refractivity contribution >= 4 is 29.4 Å². The summed E-state index contributed by atoms with van der Waals surface area (Å²) in [5, 5.41) is 7.74. The lowest BCUT2D eigenvalue weighted by Gasteiger charge is -2.03. The molecule has 0 aromatic carbocycles. The van der Waals surface area contributed by atoms with E-state index in [1.54, 1.807) is 4.52 Å². The number of rotatable bonds is 4. The van der Waals surface area contributed by atoms with Gasteiger partial charge in [0.2, 0.25) is 0 Å². The number of fused-ring (bicyclic) bond motifs is 1. The smallest absolute Gasteiger partial charge is 0.172 e. The maximum Gasteiger partial charge on any atom is 0.172 e. The Hall–Kier alpha value is -1.98. The average Bonchev–Trinajstić information content (AvgIpc) is 2.78. The van der Waals surface area contributed by atoms with E-state index in [4.69, 9.17) is 5.73 Å². The number of nitrogens with zero attached hydrogens (tertiary/aromatic N) is 3. The van der Waals surface area contributed by atoms with E-state index in [1.807, 2.05) is 36.0 Å². The summed E-state index contributed by atoms with van der Waals surface area (Å²) in [6.07, 6.45) is 6.94. The van der Waals surface area contributed by atoms with Crippen LogP contribution in [0.25, 0.3) is 5.52 Å². The molecule has 0 saturated heterocycles. The van der Waals surface area contributed by atoms with Crippen LogP contribution in [-0.2, 0) is 13.5 Å². The summed E-state index contributed by atoms with van der Waals surface area (Å²) in [6, 6.07) is 10.1. The molecule has 0 spiro atoms. The SMILES string of the molecule is C[n+]1ccc(CCNc2nn3ccccc3c2N)cc1.Cl.[Cl-]. The minimum atomic E-state index is 0. The zero-order chi connectivity index (χ0) is 13.9. The molecule has 3 N–H and O–H groups in total. The summed E-state index contributed by atoms with van der Waals surface area (Å²) in [6.45, 7) is 0.807. The fraction of sp³-hybridized carbons (Fsp3) is 0.200. The van der Waals surface area contributed by atoms with Crippen LogP contribution in [0.3, 0.4) is 0 Å². The topological polar surface area (TPSA) is 59.2 Å². The summed E-state index contributed by atoms with van der Waals surface area (Å²) in [4.78, 5) is 0. The molecule has 0 amide bonds. The molecule has 22 heavy (non-hydrogen) atoms. The molecule has 0 atom stereocenters. The Morgan fingerprint density at radius 2 is 1.95 bits per heavy atom. The predicted octanol–water partition coefficient (Wildman–Crippen LogP) is -1.18. The first-order chi connectivity index (χ1) is 9.74. The van der Waals surface area contributed by atoms with Crippen LogP contribution in [0.4, 0.5) is 11.5 Å². The van der Waals surface area contributed by atoms with E-state index in [1.165, 1.54) is 5.56 Å². The molecule has 3 heterocycles. The van der Waals surface area contributed by atoms with Gasteiger partial charge in [0.25, 0.3) is 0 Å². The lowest BCUT2D eigenvalue weighted by molar-refractivity contribution is -0.671. The van der Waals surface area contributed by atoms with Crippen LogP contribution in [0.15, 0.2) is 48.9 Å². The van der Waals surface area contributed by atoms with Crippen molar-refractivity contribution < 1.29 is 17.0 Å². The summed E-state index contributed by atoms with van der Waals surface area (Å²) in [5.74, 6) is 0.748. The molecule has 3 aromatic heterocycles. The van der Waals surface area contributed by atoms with Crippen molar-refractivity contribution in [1.82, 2.24) is 9.61 Å². The van der Waals surface area contributed by atoms with Crippen molar-refractivity contribution in [3.63, 3.8) is 0 Å². The molecular formula is C15H19Cl2N5. The third-order valence-corrected chi connectivity index (χ3v) is 3.33. The van der Waals surface area contributed by atoms with Gasteiger partial charge < -0.3 is 23.5 Å². The fourth-order valence-electron chi connectivity index (χ4n) is 2.17. The monoisotopic (exact) mass is 339 g/mol. The van der Waals surface area contributed by atoms with Gasteiger partial charge in [-0.25, -0.2) is 9.08 Å². The van der Waals surface area contributed by atoms with Gasteiger partial charge in [-0.05, 0) is 24.1 Å². The van der Waals surface area contributed by atoms with Crippen molar-refractivity contribution in [2.75, 3.05) is 17.6 Å². The van der Waals surface area contributed by atoms with Crippen molar-refractivity contribution in [3.05, 3.63) is 54.5 Å². The van der Waals surface area contributed by atoms with Crippen molar-refractivity contribution in [3.8, 4) is 0 Å². The van der Waals surface area contributed by atoms with Crippen LogP contribution in [0, 0.1) is 0 Å². The molecule has 3 aromatic rings. The zero-order valence-corrected chi connectivity index (χ0v) is 13.8. The predicted molar refractivity (Wildman–Crippen MR) is 86.7 cm³/mol. The zero-order valence-electron chi connectivity index (χ0n) is 12.2. The lowest BCUT2D eigenvalue weighted by Crippen LogP contribution is -3.00. The average molecular weight is 340 g/mol. The van der Waals surface area contributed by atoms with Crippen LogP contribution in [-0.4, -0.2) is 16.2 Å². The largest absolute Gasteiger partial charge is 1.00 e. The van der Waals surface area contributed by atoms with E-state index in [-0.39, 0.29) is 24.8 Å². The highest BCUT2D eigenvalue weighted by molar-refractivity contribution is 5.85. The number of hydrogen-bond donors (Lipinski definition) is 2. The van der Waals surface area contributed by atoms with Gasteiger partial charge in [-0.15, -0.1) is 17.5 Å². The second kappa shape index (κ2) is 7.87. The molecular weight excluding hydrogens is 321 g/mol. The maximum absolute atomic E-state index is 6.09. The van der Waals surface area contributed by atoms with Crippen molar-refractivity contribution in [2.24, 2.45) is 7.05 Å². The highest BCUT2D eigenvalue weighted by Crippen LogP contribution is 2.22. The van der Waals surface area contributed by atoms with Crippen molar-refractivity contribution in [2.45, 2.75) is 6.42 Å². The number of pyridine rings is 2. The molecule has 0 aliphatic carbocycles. The third kappa shape index (κ3) is 3.81. The molecule has 0 saturated carbocycles. The van der Waals surface area contributed by atoms with E-state index in [0.717, 1.165) is 24.3 Å². The minimum absolute atomic E-state index is 0. The summed E-state index contributed by atoms with van der Waals surface area (Å²) in [5.41, 5.74) is 9.01. The molecule has 3 rings (SSSR count). The second-order valence-electron chi connectivity index (χ2n) is 4.84. The van der Waals surface area contributed by atoms with Gasteiger partial charge in [-0.1, -0.05) is 6.07 Å². The Morgan fingerprint density at radius 1 is 1.23 bits per heavy atom. The summed E-state index contributed by atoms with van der Waals surface area (Å²) < 4.78 is 3.82. The maximum atomic E-state index is 6.09. The normalized spacial score (nSPS) is 9.86. The highest BCUT2D eigenvalue weighted by Gasteiger charge is 2.08. The van der Waals surface area contributed by atoms with Gasteiger partial charge in [0.05, 0.1) is 5.52 Å². The van der Waals surface area contributed by atoms with Gasteiger partial charge >= 0.3 is 0 Å². The molecule has 0 radical (unpaired) electrons. The summed E-state index contributed by atoms with van der Waals surface area (Å²) >= 11 is 0. The standard InChI is InChI=1S/C15H18N5.2ClH/c1-19-10-6-12(7-11-19)5-8-17-15-14(16)13-4-2-3-9-20(13)18-15;;/h2-4,6-7,9-11H,5,8,16H2,1H3,(H,17,18);2*1H/q+1;;/p-1. The number of aryl methyl sites for hydroxylation is 1. The Morgan fingerprint density at radius 3 is 2.64 bits per heavy atom. The van der Waals surface area contributed by atoms with Crippen LogP contribution in [0.2, 0.25) is 0 Å². The number of aromatic nitrogens is 3. The molecule has 7 heteroatoms. The number of nitrogens with two attached hydrogens (primary N) is 1. The Kier molecular flexibility index (Phi) is 6.46. The Balaban J connectivity index is 0.00000121. The minimum Gasteiger partial charge on any atom is -1.00 e. The van der Waals surface area contributed by atoms with Gasteiger partial charge in [0, 0.05) is 24.9 Å². The molecule has 5 nitrogen and oxygen atoms in total. The van der Waals surface area contributed by atoms with Gasteiger partial charge in [-0.2, -0.15) is 0 Å². The number of hydrogen-bond acceptors (Lipinski definition) is 3. The molecule has 0 unspecified atom stereocenters. The van der Waals surface area contributed by atoms with E-state index < -0.39 is 0 Å². The van der Waals surface area contributed by atoms with Gasteiger partial charge in [-0.3, -0.25) is 0 Å². The van der Waals surface area contributed by atoms with E-state index in [2.05, 4.69) is 34.9 Å². The first-order valence-electron chi connectivity index (χ1n) is 6.65. The molecule has 0 bridgehead atoms. The quantitative estimate of drug-likeness (QED) is 0.588. The number of nitrogens with one attached hydrogen (secondary N) is 1. The first-order valence-corrected chi connectivity index (χ1v) is 6.65. The van der Waals surface area contributed by atoms with Crippen molar-refractivity contribution in [1.29, 1.82) is 0 Å². The lowest BCUT2D eigenvalue weighted by atomic mass is 10.2. The van der Waals surface area contributed by atoms with Gasteiger partial charge in [0.1, 0.15) is 12.7 Å². The second-order valence-corrected chi connectivity index (χ2v) is 4.84. The van der Waals surface area contributed by atoms with Crippen LogP contribution >= 0.6 is 12.4 Å². The van der Waals surface area contributed by atoms with Crippen LogP contribution < -0.4 is 28.0 Å². The highest BCUT2D eigenvalue weighted by atomic mass is 35.5. The Labute approximate surface area is 142 Å². The molecule has 0 aliphatic rings. The Bertz CT molecular complexity index is 724. The molecule has 118 valence electrons. The number of halogens is 2. The van der Waals surface area contributed by atoms with E-state index >= 15 is 0 Å². The van der Waals surface area contributed by atoms with Gasteiger partial charge in [0.15, 0.2) is 18.2 Å².